The molecule has 0 aliphatic heterocycles. The van der Waals surface area contributed by atoms with Crippen molar-refractivity contribution in [3.8, 4) is 11.3 Å². The van der Waals surface area contributed by atoms with E-state index in [0.717, 1.165) is 36.7 Å². The second kappa shape index (κ2) is 14.9. The molecule has 1 aliphatic rings. The van der Waals surface area contributed by atoms with Crippen LogP contribution in [-0.4, -0.2) is 49.8 Å². The largest absolute Gasteiger partial charge is 0.400 e. The number of hydrogen-bond donors (Lipinski definition) is 4. The lowest BCUT2D eigenvalue weighted by Crippen LogP contribution is -2.12. The van der Waals surface area contributed by atoms with Crippen LogP contribution in [0.5, 0.6) is 0 Å². The fraction of sp³-hybridized carbons (Fsp3) is 0.429. The lowest BCUT2D eigenvalue weighted by molar-refractivity contribution is 0.275. The molecule has 32 heavy (non-hydrogen) atoms. The van der Waals surface area contributed by atoms with Crippen LogP contribution >= 0.6 is 11.6 Å². The predicted molar refractivity (Wildman–Crippen MR) is 129 cm³/mol. The van der Waals surface area contributed by atoms with E-state index in [0.29, 0.717) is 23.4 Å². The number of fused-ring (bicyclic) bond motifs is 1. The summed E-state index contributed by atoms with van der Waals surface area (Å²) in [5, 5.41) is 24.1. The standard InChI is InChI=1S/C13H11ClN4.C6H13NO2S.2CH4O/c1-8-2-3-9(14)6-10(8)11-7-13-16-5-4-12(15)18(13)17-11;7-10(8)9-5-6-3-1-2-4-6;2*1-2/h2-7H,15H2,1H3;6H,1-5,7H2;2*2H,1H3. The molecule has 0 radical (unpaired) electrons. The SMILES string of the molecule is CO.CO.Cc1ccc(Cl)cc1-c1cc2nccc(N)n2n1.NS(=O)OCC1CCCC1. The van der Waals surface area contributed by atoms with Gasteiger partial charge < -0.3 is 15.9 Å². The van der Waals surface area contributed by atoms with Gasteiger partial charge in [-0.25, -0.2) is 14.3 Å². The number of aliphatic hydroxyl groups is 2. The zero-order chi connectivity index (χ0) is 24.1. The number of benzene rings is 1. The number of nitrogens with two attached hydrogens (primary N) is 2. The Hall–Kier alpha value is -2.08. The molecule has 11 heteroatoms. The van der Waals surface area contributed by atoms with E-state index >= 15 is 0 Å². The summed E-state index contributed by atoms with van der Waals surface area (Å²) in [5.74, 6) is 1.17. The van der Waals surface area contributed by atoms with Crippen LogP contribution in [-0.2, 0) is 15.4 Å². The third-order valence-corrected chi connectivity index (χ3v) is 5.36. The summed E-state index contributed by atoms with van der Waals surface area (Å²) in [6, 6.07) is 9.35. The summed E-state index contributed by atoms with van der Waals surface area (Å²) in [7, 11) is 2.00. The highest BCUT2D eigenvalue weighted by molar-refractivity contribution is 7.77. The van der Waals surface area contributed by atoms with Crippen LogP contribution in [0, 0.1) is 12.8 Å². The van der Waals surface area contributed by atoms with E-state index in [1.807, 2.05) is 31.2 Å². The molecule has 9 nitrogen and oxygen atoms in total. The summed E-state index contributed by atoms with van der Waals surface area (Å²) in [4.78, 5) is 4.23. The molecule has 4 rings (SSSR count). The third kappa shape index (κ3) is 8.45. The van der Waals surface area contributed by atoms with Gasteiger partial charge in [0, 0.05) is 37.1 Å². The minimum absolute atomic E-state index is 0.561. The van der Waals surface area contributed by atoms with Gasteiger partial charge in [0.1, 0.15) is 5.82 Å². The van der Waals surface area contributed by atoms with Crippen molar-refractivity contribution in [1.29, 1.82) is 0 Å². The minimum Gasteiger partial charge on any atom is -0.400 e. The van der Waals surface area contributed by atoms with Gasteiger partial charge in [-0.05, 0) is 49.4 Å². The quantitative estimate of drug-likeness (QED) is 0.443. The molecule has 3 aromatic rings. The summed E-state index contributed by atoms with van der Waals surface area (Å²) >= 11 is 4.46. The predicted octanol–water partition coefficient (Wildman–Crippen LogP) is 2.89. The first-order chi connectivity index (χ1) is 15.4. The third-order valence-electron chi connectivity index (χ3n) is 4.76. The van der Waals surface area contributed by atoms with Crippen LogP contribution < -0.4 is 10.9 Å². The molecule has 1 aliphatic carbocycles. The first-order valence-corrected chi connectivity index (χ1v) is 11.5. The smallest absolute Gasteiger partial charge is 0.231 e. The fourth-order valence-corrected chi connectivity index (χ4v) is 3.75. The number of aromatic nitrogens is 3. The van der Waals surface area contributed by atoms with Crippen LogP contribution in [0.4, 0.5) is 5.82 Å². The van der Waals surface area contributed by atoms with E-state index in [1.165, 1.54) is 25.7 Å². The first-order valence-electron chi connectivity index (χ1n) is 9.99. The fourth-order valence-electron chi connectivity index (χ4n) is 3.26. The van der Waals surface area contributed by atoms with Gasteiger partial charge in [0.2, 0.25) is 11.3 Å². The molecule has 1 saturated carbocycles. The number of aliphatic hydroxyl groups excluding tert-OH is 2. The molecule has 2 heterocycles. The van der Waals surface area contributed by atoms with Gasteiger partial charge in [0.05, 0.1) is 12.3 Å². The van der Waals surface area contributed by atoms with Crippen molar-refractivity contribution in [2.24, 2.45) is 11.1 Å². The average molecular weight is 486 g/mol. The van der Waals surface area contributed by atoms with Crippen molar-refractivity contribution in [2.45, 2.75) is 32.6 Å². The molecule has 0 amide bonds. The number of aryl methyl sites for hydroxylation is 1. The molecule has 1 atom stereocenters. The van der Waals surface area contributed by atoms with Crippen molar-refractivity contribution < 1.29 is 18.6 Å². The Labute approximate surface area is 196 Å². The van der Waals surface area contributed by atoms with Gasteiger partial charge in [-0.3, -0.25) is 4.18 Å². The van der Waals surface area contributed by atoms with E-state index in [1.54, 1.807) is 16.8 Å². The summed E-state index contributed by atoms with van der Waals surface area (Å²) in [6.45, 7) is 2.59. The molecule has 1 fully saturated rings. The van der Waals surface area contributed by atoms with E-state index in [4.69, 9.17) is 36.9 Å². The summed E-state index contributed by atoms with van der Waals surface area (Å²) in [5.41, 5.74) is 9.50. The zero-order valence-electron chi connectivity index (χ0n) is 18.6. The molecule has 0 bridgehead atoms. The number of hydrogen-bond acceptors (Lipinski definition) is 7. The van der Waals surface area contributed by atoms with Crippen molar-refractivity contribution in [1.82, 2.24) is 14.6 Å². The van der Waals surface area contributed by atoms with Gasteiger partial charge >= 0.3 is 0 Å². The highest BCUT2D eigenvalue weighted by Gasteiger charge is 2.15. The molecule has 178 valence electrons. The summed E-state index contributed by atoms with van der Waals surface area (Å²) in [6.07, 6.45) is 6.64. The Morgan fingerprint density at radius 1 is 1.19 bits per heavy atom. The molecule has 1 aromatic carbocycles. The van der Waals surface area contributed by atoms with Gasteiger partial charge in [0.15, 0.2) is 5.65 Å². The highest BCUT2D eigenvalue weighted by Crippen LogP contribution is 2.27. The Morgan fingerprint density at radius 2 is 1.84 bits per heavy atom. The summed E-state index contributed by atoms with van der Waals surface area (Å²) < 4.78 is 16.7. The van der Waals surface area contributed by atoms with Crippen LogP contribution in [0.3, 0.4) is 0 Å². The van der Waals surface area contributed by atoms with Gasteiger partial charge in [-0.2, -0.15) is 9.61 Å². The first kappa shape index (κ1) is 28.0. The van der Waals surface area contributed by atoms with Crippen molar-refractivity contribution >= 4 is 34.3 Å². The van der Waals surface area contributed by atoms with E-state index < -0.39 is 11.3 Å². The van der Waals surface area contributed by atoms with Crippen molar-refractivity contribution in [3.05, 3.63) is 47.1 Å². The van der Waals surface area contributed by atoms with E-state index in [2.05, 4.69) is 10.1 Å². The molecule has 2 aromatic heterocycles. The molecule has 1 unspecified atom stereocenters. The van der Waals surface area contributed by atoms with Crippen LogP contribution in [0.25, 0.3) is 16.9 Å². The number of rotatable bonds is 4. The van der Waals surface area contributed by atoms with Gasteiger partial charge in [-0.1, -0.05) is 30.5 Å². The monoisotopic (exact) mass is 485 g/mol. The Morgan fingerprint density at radius 3 is 2.44 bits per heavy atom. The molecule has 0 spiro atoms. The number of anilines is 1. The Bertz CT molecular complexity index is 980. The van der Waals surface area contributed by atoms with E-state index in [9.17, 15) is 4.21 Å². The molecule has 6 N–H and O–H groups in total. The number of nitrogens with zero attached hydrogens (tertiary/aromatic N) is 3. The normalized spacial score (nSPS) is 13.8. The maximum atomic E-state index is 10.3. The van der Waals surface area contributed by atoms with Gasteiger partial charge in [-0.15, -0.1) is 0 Å². The highest BCUT2D eigenvalue weighted by atomic mass is 35.5. The number of nitrogen functional groups attached to an aromatic ring is 1. The molecular formula is C21H32ClN5O4S. The topological polar surface area (TPSA) is 149 Å². The van der Waals surface area contributed by atoms with Crippen LogP contribution in [0.2, 0.25) is 5.02 Å². The molecule has 0 saturated heterocycles. The second-order valence-electron chi connectivity index (χ2n) is 6.82. The van der Waals surface area contributed by atoms with Crippen molar-refractivity contribution in [3.63, 3.8) is 0 Å². The van der Waals surface area contributed by atoms with Gasteiger partial charge in [0.25, 0.3) is 0 Å². The Balaban J connectivity index is 0.000000312. The zero-order valence-corrected chi connectivity index (χ0v) is 20.1. The second-order valence-corrected chi connectivity index (χ2v) is 8.02. The maximum Gasteiger partial charge on any atom is 0.231 e. The maximum absolute atomic E-state index is 10.3. The Kier molecular flexibility index (Phi) is 13.0. The van der Waals surface area contributed by atoms with Crippen LogP contribution in [0.15, 0.2) is 36.5 Å². The lowest BCUT2D eigenvalue weighted by Gasteiger charge is -2.05. The number of halogens is 1. The minimum atomic E-state index is -1.56. The van der Waals surface area contributed by atoms with Crippen molar-refractivity contribution in [2.75, 3.05) is 26.6 Å². The average Bonchev–Trinajstić information content (AvgIpc) is 3.48. The van der Waals surface area contributed by atoms with Crippen LogP contribution in [0.1, 0.15) is 31.2 Å². The van der Waals surface area contributed by atoms with E-state index in [-0.39, 0.29) is 0 Å². The molecular weight excluding hydrogens is 454 g/mol. The lowest BCUT2D eigenvalue weighted by atomic mass is 10.1.